The zero-order valence-corrected chi connectivity index (χ0v) is 10.2. The molecule has 1 heterocycles. The zero-order chi connectivity index (χ0) is 12.3. The van der Waals surface area contributed by atoms with E-state index in [0.29, 0.717) is 0 Å². The molecule has 1 aromatic rings. The van der Waals surface area contributed by atoms with Crippen LogP contribution in [0.5, 0.6) is 5.75 Å². The van der Waals surface area contributed by atoms with Gasteiger partial charge in [0.25, 0.3) is 0 Å². The van der Waals surface area contributed by atoms with Crippen molar-refractivity contribution >= 4 is 17.5 Å². The lowest BCUT2D eigenvalue weighted by atomic mass is 10.1. The number of carbonyl (C=O) groups excluding carboxylic acids is 1. The first-order chi connectivity index (χ1) is 8.16. The van der Waals surface area contributed by atoms with Crippen molar-refractivity contribution in [2.45, 2.75) is 0 Å². The summed E-state index contributed by atoms with van der Waals surface area (Å²) in [7, 11) is 0. The van der Waals surface area contributed by atoms with Crippen LogP contribution in [0, 0.1) is 5.82 Å². The Bertz CT molecular complexity index is 419. The highest BCUT2D eigenvalue weighted by molar-refractivity contribution is 7.99. The number of hydrogen-bond acceptors (Lipinski definition) is 4. The Labute approximate surface area is 104 Å². The van der Waals surface area contributed by atoms with Crippen molar-refractivity contribution in [3.05, 3.63) is 29.6 Å². The summed E-state index contributed by atoms with van der Waals surface area (Å²) in [6.07, 6.45) is 0. The van der Waals surface area contributed by atoms with Gasteiger partial charge in [-0.25, -0.2) is 4.39 Å². The molecule has 0 radical (unpaired) electrons. The molecule has 0 unspecified atom stereocenters. The van der Waals surface area contributed by atoms with Crippen molar-refractivity contribution < 1.29 is 14.3 Å². The fraction of sp³-hybridized carbons (Fsp3) is 0.417. The summed E-state index contributed by atoms with van der Waals surface area (Å²) in [5.74, 6) is 1.15. The second-order valence-electron chi connectivity index (χ2n) is 3.97. The minimum Gasteiger partial charge on any atom is -0.507 e. The topological polar surface area (TPSA) is 40.5 Å². The van der Waals surface area contributed by atoms with Gasteiger partial charge in [0.1, 0.15) is 11.6 Å². The molecule has 2 rings (SSSR count). The number of benzene rings is 1. The normalized spacial score (nSPS) is 17.0. The smallest absolute Gasteiger partial charge is 0.180 e. The van der Waals surface area contributed by atoms with Gasteiger partial charge in [-0.15, -0.1) is 0 Å². The van der Waals surface area contributed by atoms with Crippen molar-refractivity contribution in [3.63, 3.8) is 0 Å². The Morgan fingerprint density at radius 3 is 2.82 bits per heavy atom. The van der Waals surface area contributed by atoms with E-state index in [0.717, 1.165) is 36.7 Å². The van der Waals surface area contributed by atoms with Gasteiger partial charge < -0.3 is 5.11 Å². The van der Waals surface area contributed by atoms with Crippen molar-refractivity contribution in [1.82, 2.24) is 4.90 Å². The van der Waals surface area contributed by atoms with Gasteiger partial charge in [-0.3, -0.25) is 9.69 Å². The summed E-state index contributed by atoms with van der Waals surface area (Å²) in [6.45, 7) is 1.98. The number of carbonyl (C=O) groups is 1. The van der Waals surface area contributed by atoms with Crippen molar-refractivity contribution in [1.29, 1.82) is 0 Å². The Morgan fingerprint density at radius 2 is 2.12 bits per heavy atom. The van der Waals surface area contributed by atoms with E-state index in [-0.39, 0.29) is 23.6 Å². The minimum absolute atomic E-state index is 0.0724. The third-order valence-corrected chi connectivity index (χ3v) is 3.67. The first-order valence-corrected chi connectivity index (χ1v) is 6.64. The van der Waals surface area contributed by atoms with Crippen LogP contribution in [0.4, 0.5) is 4.39 Å². The molecule has 0 spiro atoms. The Balaban J connectivity index is 2.05. The van der Waals surface area contributed by atoms with Gasteiger partial charge in [0.2, 0.25) is 0 Å². The number of nitrogens with zero attached hydrogens (tertiary/aromatic N) is 1. The predicted molar refractivity (Wildman–Crippen MR) is 66.2 cm³/mol. The molecular weight excluding hydrogens is 241 g/mol. The highest BCUT2D eigenvalue weighted by atomic mass is 32.2. The highest BCUT2D eigenvalue weighted by Gasteiger charge is 2.18. The fourth-order valence-corrected chi connectivity index (χ4v) is 2.76. The van der Waals surface area contributed by atoms with Crippen LogP contribution in [-0.2, 0) is 0 Å². The molecule has 5 heteroatoms. The second-order valence-corrected chi connectivity index (χ2v) is 5.20. The number of aromatic hydroxyl groups is 1. The number of thioether (sulfide) groups is 1. The molecule has 0 saturated carbocycles. The third-order valence-electron chi connectivity index (χ3n) is 2.73. The van der Waals surface area contributed by atoms with E-state index in [1.807, 2.05) is 16.7 Å². The molecule has 0 bridgehead atoms. The van der Waals surface area contributed by atoms with E-state index in [2.05, 4.69) is 0 Å². The van der Waals surface area contributed by atoms with Gasteiger partial charge in [0.15, 0.2) is 5.78 Å². The van der Waals surface area contributed by atoms with Crippen LogP contribution in [0.25, 0.3) is 0 Å². The molecule has 1 fully saturated rings. The number of phenols is 1. The average molecular weight is 255 g/mol. The number of rotatable bonds is 3. The van der Waals surface area contributed by atoms with Gasteiger partial charge in [-0.1, -0.05) is 0 Å². The second kappa shape index (κ2) is 5.51. The molecule has 0 aromatic heterocycles. The molecule has 1 aliphatic rings. The van der Waals surface area contributed by atoms with E-state index in [1.165, 1.54) is 6.07 Å². The van der Waals surface area contributed by atoms with Crippen LogP contribution in [-0.4, -0.2) is 46.9 Å². The molecule has 1 saturated heterocycles. The lowest BCUT2D eigenvalue weighted by molar-refractivity contribution is 0.0934. The van der Waals surface area contributed by atoms with Crippen LogP contribution in [0.15, 0.2) is 18.2 Å². The highest BCUT2D eigenvalue weighted by Crippen LogP contribution is 2.19. The Hall–Kier alpha value is -1.07. The van der Waals surface area contributed by atoms with Crippen molar-refractivity contribution in [2.75, 3.05) is 31.1 Å². The molecule has 1 aromatic carbocycles. The fourth-order valence-electron chi connectivity index (χ4n) is 1.78. The molecule has 0 atom stereocenters. The molecule has 17 heavy (non-hydrogen) atoms. The standard InChI is InChI=1S/C12H14FNO2S/c13-9-1-2-11(15)10(7-9)12(16)8-14-3-5-17-6-4-14/h1-2,7,15H,3-6,8H2. The first kappa shape index (κ1) is 12.4. The van der Waals surface area contributed by atoms with Gasteiger partial charge in [-0.2, -0.15) is 11.8 Å². The van der Waals surface area contributed by atoms with Crippen LogP contribution < -0.4 is 0 Å². The third kappa shape index (κ3) is 3.20. The van der Waals surface area contributed by atoms with E-state index in [9.17, 15) is 14.3 Å². The number of hydrogen-bond donors (Lipinski definition) is 1. The van der Waals surface area contributed by atoms with E-state index in [1.54, 1.807) is 0 Å². The molecule has 3 nitrogen and oxygen atoms in total. The van der Waals surface area contributed by atoms with Crippen LogP contribution >= 0.6 is 11.8 Å². The van der Waals surface area contributed by atoms with Crippen LogP contribution in [0.1, 0.15) is 10.4 Å². The molecule has 0 amide bonds. The van der Waals surface area contributed by atoms with Crippen LogP contribution in [0.2, 0.25) is 0 Å². The van der Waals surface area contributed by atoms with Gasteiger partial charge in [-0.05, 0) is 18.2 Å². The SMILES string of the molecule is O=C(CN1CCSCC1)c1cc(F)ccc1O. The summed E-state index contributed by atoms with van der Waals surface area (Å²) in [5.41, 5.74) is 0.0724. The number of ketones is 1. The number of halogens is 1. The lowest BCUT2D eigenvalue weighted by Gasteiger charge is -2.25. The predicted octanol–water partition coefficient (Wildman–Crippen LogP) is 1.76. The zero-order valence-electron chi connectivity index (χ0n) is 9.36. The van der Waals surface area contributed by atoms with Gasteiger partial charge in [0.05, 0.1) is 12.1 Å². The summed E-state index contributed by atoms with van der Waals surface area (Å²) < 4.78 is 13.0. The molecule has 92 valence electrons. The minimum atomic E-state index is -0.500. The van der Waals surface area contributed by atoms with E-state index >= 15 is 0 Å². The number of phenolic OH excluding ortho intramolecular Hbond substituents is 1. The first-order valence-electron chi connectivity index (χ1n) is 5.48. The summed E-state index contributed by atoms with van der Waals surface area (Å²) in [4.78, 5) is 13.9. The number of Topliss-reactive ketones (excluding diaryl/α,β-unsaturated/α-hetero) is 1. The monoisotopic (exact) mass is 255 g/mol. The average Bonchev–Trinajstić information content (AvgIpc) is 2.33. The largest absolute Gasteiger partial charge is 0.507 e. The van der Waals surface area contributed by atoms with Gasteiger partial charge in [0, 0.05) is 24.6 Å². The van der Waals surface area contributed by atoms with Crippen LogP contribution in [0.3, 0.4) is 0 Å². The summed E-state index contributed by atoms with van der Waals surface area (Å²) >= 11 is 1.86. The maximum Gasteiger partial charge on any atom is 0.180 e. The molecule has 1 aliphatic heterocycles. The molecule has 1 N–H and O–H groups in total. The summed E-state index contributed by atoms with van der Waals surface area (Å²) in [5, 5.41) is 9.52. The van der Waals surface area contributed by atoms with Crippen molar-refractivity contribution in [2.24, 2.45) is 0 Å². The van der Waals surface area contributed by atoms with Crippen molar-refractivity contribution in [3.8, 4) is 5.75 Å². The Morgan fingerprint density at radius 1 is 1.41 bits per heavy atom. The Kier molecular flexibility index (Phi) is 4.02. The van der Waals surface area contributed by atoms with E-state index < -0.39 is 5.82 Å². The maximum atomic E-state index is 13.0. The van der Waals surface area contributed by atoms with Gasteiger partial charge >= 0.3 is 0 Å². The molecular formula is C12H14FNO2S. The summed E-state index contributed by atoms with van der Waals surface area (Å²) in [6, 6.07) is 3.45. The maximum absolute atomic E-state index is 13.0. The molecule has 0 aliphatic carbocycles. The van der Waals surface area contributed by atoms with E-state index in [4.69, 9.17) is 0 Å². The quantitative estimate of drug-likeness (QED) is 0.836. The lowest BCUT2D eigenvalue weighted by Crippen LogP contribution is -2.36.